The van der Waals surface area contributed by atoms with Gasteiger partial charge in [-0.25, -0.2) is 0 Å². The molecular formula is C26H24N4O4. The van der Waals surface area contributed by atoms with Crippen LogP contribution < -0.4 is 20.5 Å². The third-order valence-electron chi connectivity index (χ3n) is 7.02. The molecule has 1 aliphatic heterocycles. The highest BCUT2D eigenvalue weighted by Gasteiger charge is 2.60. The second kappa shape index (κ2) is 7.50. The summed E-state index contributed by atoms with van der Waals surface area (Å²) < 4.78 is 11.0. The van der Waals surface area contributed by atoms with Gasteiger partial charge in [0.2, 0.25) is 5.91 Å². The molecule has 0 radical (unpaired) electrons. The fraction of sp³-hybridized carbons (Fsp3) is 0.231. The number of amides is 1. The number of H-pyrrole nitrogens is 1. The molecule has 6 rings (SSSR count). The fourth-order valence-electron chi connectivity index (χ4n) is 5.11. The van der Waals surface area contributed by atoms with Crippen LogP contribution in [-0.4, -0.2) is 34.9 Å². The standard InChI is InChI=1S/C26H24N4O4/c1-33-16-5-2-4-15(11-16)26(25(27)32)12-19(26)14-8-9-17-21(10-14)29-30-24(17)28-20-7-3-6-18-22(31)13-34-23(18)20/h2-11,19,22,31H,12-13H2,1H3,(H2,27,32)(H2,28,29,30)/t19-,22?,26-/m0/s1. The van der Waals surface area contributed by atoms with E-state index in [0.717, 1.165) is 33.3 Å². The molecule has 3 atom stereocenters. The Morgan fingerprint density at radius 2 is 2.09 bits per heavy atom. The molecule has 1 aromatic heterocycles. The van der Waals surface area contributed by atoms with E-state index in [0.29, 0.717) is 23.7 Å². The minimum absolute atomic E-state index is 0.0199. The number of rotatable bonds is 6. The Balaban J connectivity index is 1.31. The first-order valence-electron chi connectivity index (χ1n) is 11.1. The number of aliphatic hydroxyl groups excluding tert-OH is 1. The molecule has 2 heterocycles. The molecule has 1 unspecified atom stereocenters. The SMILES string of the molecule is COc1cccc([C@@]2(C(N)=O)C[C@H]2c2ccc3c(Nc4cccc5c4OCC5O)n[nH]c3c2)c1. The van der Waals surface area contributed by atoms with E-state index >= 15 is 0 Å². The van der Waals surface area contributed by atoms with Crippen LogP contribution in [-0.2, 0) is 10.2 Å². The number of para-hydroxylation sites is 1. The maximum absolute atomic E-state index is 12.6. The van der Waals surface area contributed by atoms with Crippen molar-refractivity contribution in [3.8, 4) is 11.5 Å². The molecule has 8 heteroatoms. The lowest BCUT2D eigenvalue weighted by molar-refractivity contribution is -0.120. The van der Waals surface area contributed by atoms with Crippen LogP contribution in [0, 0.1) is 0 Å². The summed E-state index contributed by atoms with van der Waals surface area (Å²) in [6.45, 7) is 0.245. The van der Waals surface area contributed by atoms with E-state index < -0.39 is 11.5 Å². The van der Waals surface area contributed by atoms with Gasteiger partial charge in [0.25, 0.3) is 0 Å². The van der Waals surface area contributed by atoms with Crippen LogP contribution in [0.15, 0.2) is 60.7 Å². The van der Waals surface area contributed by atoms with Crippen molar-refractivity contribution in [2.24, 2.45) is 5.73 Å². The van der Waals surface area contributed by atoms with E-state index in [4.69, 9.17) is 15.2 Å². The summed E-state index contributed by atoms with van der Waals surface area (Å²) in [5, 5.41) is 21.8. The Morgan fingerprint density at radius 3 is 2.91 bits per heavy atom. The molecule has 0 bridgehead atoms. The molecule has 5 N–H and O–H groups in total. The van der Waals surface area contributed by atoms with Gasteiger partial charge in [-0.05, 0) is 47.9 Å². The van der Waals surface area contributed by atoms with Crippen LogP contribution in [0.5, 0.6) is 11.5 Å². The monoisotopic (exact) mass is 456 g/mol. The molecule has 0 spiro atoms. The number of carbonyl (C=O) groups is 1. The van der Waals surface area contributed by atoms with Gasteiger partial charge in [0.05, 0.1) is 23.7 Å². The summed E-state index contributed by atoms with van der Waals surface area (Å²) in [4.78, 5) is 12.6. The molecular weight excluding hydrogens is 432 g/mol. The van der Waals surface area contributed by atoms with Gasteiger partial charge in [-0.15, -0.1) is 0 Å². The number of anilines is 2. The number of fused-ring (bicyclic) bond motifs is 2. The number of aromatic nitrogens is 2. The molecule has 1 saturated carbocycles. The minimum atomic E-state index is -0.744. The summed E-state index contributed by atoms with van der Waals surface area (Å²) >= 11 is 0. The van der Waals surface area contributed by atoms with Crippen LogP contribution in [0.2, 0.25) is 0 Å². The average molecular weight is 457 g/mol. The van der Waals surface area contributed by atoms with Crippen molar-refractivity contribution in [1.29, 1.82) is 0 Å². The van der Waals surface area contributed by atoms with Gasteiger partial charge in [0, 0.05) is 16.9 Å². The average Bonchev–Trinajstić information content (AvgIpc) is 3.35. The number of aliphatic hydroxyl groups is 1. The Kier molecular flexibility index (Phi) is 4.53. The van der Waals surface area contributed by atoms with Crippen molar-refractivity contribution in [3.63, 3.8) is 0 Å². The largest absolute Gasteiger partial charge is 0.497 e. The van der Waals surface area contributed by atoms with Crippen LogP contribution in [0.4, 0.5) is 11.5 Å². The number of carbonyl (C=O) groups excluding carboxylic acids is 1. The maximum Gasteiger partial charge on any atom is 0.228 e. The smallest absolute Gasteiger partial charge is 0.228 e. The number of ether oxygens (including phenoxy) is 2. The zero-order valence-corrected chi connectivity index (χ0v) is 18.5. The molecule has 172 valence electrons. The normalized spacial score (nSPS) is 22.8. The van der Waals surface area contributed by atoms with Crippen molar-refractivity contribution in [2.45, 2.75) is 23.9 Å². The summed E-state index contributed by atoms with van der Waals surface area (Å²) in [6, 6.07) is 19.2. The molecule has 1 amide bonds. The number of hydrogen-bond acceptors (Lipinski definition) is 6. The summed E-state index contributed by atoms with van der Waals surface area (Å²) in [7, 11) is 1.61. The second-order valence-electron chi connectivity index (χ2n) is 8.88. The molecule has 0 saturated heterocycles. The van der Waals surface area contributed by atoms with E-state index in [9.17, 15) is 9.90 Å². The quantitative estimate of drug-likeness (QED) is 0.351. The summed E-state index contributed by atoms with van der Waals surface area (Å²) in [5.74, 6) is 1.65. The lowest BCUT2D eigenvalue weighted by Crippen LogP contribution is -2.30. The number of nitrogens with two attached hydrogens (primary N) is 1. The number of hydrogen-bond donors (Lipinski definition) is 4. The third kappa shape index (κ3) is 3.03. The minimum Gasteiger partial charge on any atom is -0.497 e. The summed E-state index contributed by atoms with van der Waals surface area (Å²) in [5.41, 5.74) is 9.42. The molecule has 2 aliphatic rings. The Labute approximate surface area is 195 Å². The predicted molar refractivity (Wildman–Crippen MR) is 127 cm³/mol. The highest BCUT2D eigenvalue weighted by Crippen LogP contribution is 2.61. The van der Waals surface area contributed by atoms with Gasteiger partial charge >= 0.3 is 0 Å². The van der Waals surface area contributed by atoms with Crippen molar-refractivity contribution in [1.82, 2.24) is 10.2 Å². The van der Waals surface area contributed by atoms with Crippen LogP contribution in [0.3, 0.4) is 0 Å². The van der Waals surface area contributed by atoms with Gasteiger partial charge in [-0.1, -0.05) is 30.3 Å². The molecule has 8 nitrogen and oxygen atoms in total. The Morgan fingerprint density at radius 1 is 1.24 bits per heavy atom. The van der Waals surface area contributed by atoms with Gasteiger partial charge in [0.15, 0.2) is 5.82 Å². The molecule has 34 heavy (non-hydrogen) atoms. The van der Waals surface area contributed by atoms with Crippen LogP contribution in [0.1, 0.15) is 35.1 Å². The van der Waals surface area contributed by atoms with Gasteiger partial charge in [-0.3, -0.25) is 9.89 Å². The maximum atomic E-state index is 12.6. The number of benzene rings is 3. The van der Waals surface area contributed by atoms with Crippen molar-refractivity contribution >= 4 is 28.3 Å². The van der Waals surface area contributed by atoms with Gasteiger partial charge in [0.1, 0.15) is 24.2 Å². The van der Waals surface area contributed by atoms with E-state index in [1.807, 2.05) is 60.7 Å². The first kappa shape index (κ1) is 20.6. The molecule has 1 fully saturated rings. The molecule has 4 aromatic rings. The number of methoxy groups -OCH3 is 1. The number of aromatic amines is 1. The highest BCUT2D eigenvalue weighted by atomic mass is 16.5. The lowest BCUT2D eigenvalue weighted by Gasteiger charge is -2.15. The Hall–Kier alpha value is -4.04. The van der Waals surface area contributed by atoms with Crippen LogP contribution in [0.25, 0.3) is 10.9 Å². The van der Waals surface area contributed by atoms with Crippen molar-refractivity contribution < 1.29 is 19.4 Å². The highest BCUT2D eigenvalue weighted by molar-refractivity contribution is 5.95. The van der Waals surface area contributed by atoms with Gasteiger partial charge < -0.3 is 25.6 Å². The number of primary amides is 1. The van der Waals surface area contributed by atoms with E-state index in [1.54, 1.807) is 7.11 Å². The Bertz CT molecular complexity index is 1430. The van der Waals surface area contributed by atoms with Gasteiger partial charge in [-0.2, -0.15) is 5.10 Å². The van der Waals surface area contributed by atoms with E-state index in [-0.39, 0.29) is 18.4 Å². The number of nitrogens with zero attached hydrogens (tertiary/aromatic N) is 1. The first-order chi connectivity index (χ1) is 16.5. The lowest BCUT2D eigenvalue weighted by atomic mass is 9.89. The summed E-state index contributed by atoms with van der Waals surface area (Å²) in [6.07, 6.45) is 0.0275. The van der Waals surface area contributed by atoms with Crippen molar-refractivity contribution in [3.05, 3.63) is 77.4 Å². The second-order valence-corrected chi connectivity index (χ2v) is 8.88. The van der Waals surface area contributed by atoms with E-state index in [1.165, 1.54) is 0 Å². The van der Waals surface area contributed by atoms with E-state index in [2.05, 4.69) is 15.5 Å². The topological polar surface area (TPSA) is 122 Å². The number of nitrogens with one attached hydrogen (secondary N) is 2. The third-order valence-corrected chi connectivity index (χ3v) is 7.02. The molecule has 1 aliphatic carbocycles. The predicted octanol–water partition coefficient (Wildman–Crippen LogP) is 3.65. The van der Waals surface area contributed by atoms with Crippen molar-refractivity contribution in [2.75, 3.05) is 19.0 Å². The zero-order valence-electron chi connectivity index (χ0n) is 18.5. The molecule has 3 aromatic carbocycles. The van der Waals surface area contributed by atoms with Crippen LogP contribution >= 0.6 is 0 Å². The zero-order chi connectivity index (χ0) is 23.4. The first-order valence-corrected chi connectivity index (χ1v) is 11.1. The fourth-order valence-corrected chi connectivity index (χ4v) is 5.11.